The molecule has 0 aliphatic carbocycles. The summed E-state index contributed by atoms with van der Waals surface area (Å²) in [6, 6.07) is 10.9. The largest absolute Gasteiger partial charge is 0.497 e. The van der Waals surface area contributed by atoms with Crippen molar-refractivity contribution in [3.8, 4) is 11.5 Å². The van der Waals surface area contributed by atoms with E-state index in [0.717, 1.165) is 11.3 Å². The van der Waals surface area contributed by atoms with Gasteiger partial charge in [-0.15, -0.1) is 0 Å². The lowest BCUT2D eigenvalue weighted by molar-refractivity contribution is 0.304. The Kier molecular flexibility index (Phi) is 4.39. The van der Waals surface area contributed by atoms with Crippen molar-refractivity contribution < 1.29 is 14.7 Å². The van der Waals surface area contributed by atoms with E-state index in [1.54, 1.807) is 19.2 Å². The lowest BCUT2D eigenvalue weighted by Gasteiger charge is -2.07. The second-order valence-corrected chi connectivity index (χ2v) is 4.00. The van der Waals surface area contributed by atoms with Crippen molar-refractivity contribution in [2.45, 2.75) is 6.61 Å². The fourth-order valence-corrected chi connectivity index (χ4v) is 1.56. The molecule has 0 unspecified atom stereocenters. The van der Waals surface area contributed by atoms with Crippen LogP contribution in [0.2, 0.25) is 0 Å². The van der Waals surface area contributed by atoms with Gasteiger partial charge in [0.15, 0.2) is 5.84 Å². The predicted molar refractivity (Wildman–Crippen MR) is 74.1 cm³/mol. The first-order valence-corrected chi connectivity index (χ1v) is 5.92. The zero-order valence-corrected chi connectivity index (χ0v) is 11.0. The average molecular weight is 273 g/mol. The molecular weight excluding hydrogens is 258 g/mol. The minimum Gasteiger partial charge on any atom is -0.497 e. The molecule has 0 atom stereocenters. The number of hydrogen-bond acceptors (Lipinski definition) is 5. The maximum atomic E-state index is 8.53. The molecule has 0 amide bonds. The Morgan fingerprint density at radius 3 is 2.45 bits per heavy atom. The molecule has 2 aromatic rings. The van der Waals surface area contributed by atoms with Crippen LogP contribution in [0.4, 0.5) is 0 Å². The first kappa shape index (κ1) is 13.7. The van der Waals surface area contributed by atoms with Gasteiger partial charge in [-0.2, -0.15) is 0 Å². The molecule has 6 nitrogen and oxygen atoms in total. The first-order chi connectivity index (χ1) is 9.72. The topological polar surface area (TPSA) is 90.0 Å². The molecule has 0 bridgehead atoms. The van der Waals surface area contributed by atoms with E-state index in [1.165, 1.54) is 6.20 Å². The van der Waals surface area contributed by atoms with Gasteiger partial charge in [-0.1, -0.05) is 17.3 Å². The molecule has 1 aromatic carbocycles. The van der Waals surface area contributed by atoms with Gasteiger partial charge in [0.25, 0.3) is 0 Å². The van der Waals surface area contributed by atoms with Crippen LogP contribution in [-0.4, -0.2) is 23.1 Å². The Balaban J connectivity index is 1.96. The van der Waals surface area contributed by atoms with E-state index in [9.17, 15) is 0 Å². The van der Waals surface area contributed by atoms with E-state index in [0.29, 0.717) is 18.1 Å². The Hall–Kier alpha value is -2.76. The second-order valence-electron chi connectivity index (χ2n) is 4.00. The van der Waals surface area contributed by atoms with Gasteiger partial charge in [0, 0.05) is 0 Å². The number of benzene rings is 1. The molecule has 0 aliphatic rings. The van der Waals surface area contributed by atoms with Crippen molar-refractivity contribution in [3.05, 3.63) is 53.9 Å². The monoisotopic (exact) mass is 273 g/mol. The van der Waals surface area contributed by atoms with Gasteiger partial charge in [0.2, 0.25) is 0 Å². The molecule has 0 fully saturated rings. The Bertz CT molecular complexity index is 580. The normalized spacial score (nSPS) is 11.2. The van der Waals surface area contributed by atoms with Gasteiger partial charge in [0.05, 0.1) is 13.3 Å². The third kappa shape index (κ3) is 3.38. The van der Waals surface area contributed by atoms with Crippen molar-refractivity contribution in [1.82, 2.24) is 4.98 Å². The van der Waals surface area contributed by atoms with E-state index < -0.39 is 0 Å². The number of nitrogens with two attached hydrogens (primary N) is 1. The van der Waals surface area contributed by atoms with E-state index in [4.69, 9.17) is 20.4 Å². The molecule has 6 heteroatoms. The zero-order valence-electron chi connectivity index (χ0n) is 11.0. The van der Waals surface area contributed by atoms with E-state index >= 15 is 0 Å². The van der Waals surface area contributed by atoms with Gasteiger partial charge in [-0.3, -0.25) is 0 Å². The third-order valence-electron chi connectivity index (χ3n) is 2.67. The maximum Gasteiger partial charge on any atom is 0.188 e. The van der Waals surface area contributed by atoms with Crippen LogP contribution in [0.5, 0.6) is 11.5 Å². The number of oxime groups is 1. The van der Waals surface area contributed by atoms with Crippen LogP contribution >= 0.6 is 0 Å². The molecule has 0 radical (unpaired) electrons. The summed E-state index contributed by atoms with van der Waals surface area (Å²) in [5.74, 6) is 1.38. The zero-order chi connectivity index (χ0) is 14.4. The number of nitrogens with zero attached hydrogens (tertiary/aromatic N) is 2. The number of rotatable bonds is 5. The second kappa shape index (κ2) is 6.42. The number of aromatic nitrogens is 1. The van der Waals surface area contributed by atoms with Crippen LogP contribution in [0.3, 0.4) is 0 Å². The summed E-state index contributed by atoms with van der Waals surface area (Å²) in [5.41, 5.74) is 6.83. The molecule has 2 rings (SSSR count). The average Bonchev–Trinajstić information content (AvgIpc) is 2.53. The molecule has 3 N–H and O–H groups in total. The number of pyridine rings is 1. The third-order valence-corrected chi connectivity index (χ3v) is 2.67. The maximum absolute atomic E-state index is 8.53. The molecular formula is C14H15N3O3. The molecule has 0 aliphatic heterocycles. The van der Waals surface area contributed by atoms with Crippen molar-refractivity contribution in [1.29, 1.82) is 0 Å². The van der Waals surface area contributed by atoms with Gasteiger partial charge in [-0.25, -0.2) is 4.98 Å². The Morgan fingerprint density at radius 2 is 1.90 bits per heavy atom. The first-order valence-electron chi connectivity index (χ1n) is 5.92. The molecule has 0 saturated carbocycles. The number of hydrogen-bond donors (Lipinski definition) is 2. The van der Waals surface area contributed by atoms with Gasteiger partial charge in [0.1, 0.15) is 23.8 Å². The fourth-order valence-electron chi connectivity index (χ4n) is 1.56. The van der Waals surface area contributed by atoms with Crippen LogP contribution in [0.15, 0.2) is 47.8 Å². The highest BCUT2D eigenvalue weighted by Crippen LogP contribution is 2.15. The molecule has 0 spiro atoms. The highest BCUT2D eigenvalue weighted by atomic mass is 16.5. The van der Waals surface area contributed by atoms with Crippen LogP contribution in [0.1, 0.15) is 11.3 Å². The molecule has 1 aromatic heterocycles. The Morgan fingerprint density at radius 1 is 1.20 bits per heavy atom. The molecule has 104 valence electrons. The summed E-state index contributed by atoms with van der Waals surface area (Å²) in [5, 5.41) is 11.4. The summed E-state index contributed by atoms with van der Waals surface area (Å²) < 4.78 is 10.7. The van der Waals surface area contributed by atoms with Gasteiger partial charge < -0.3 is 20.4 Å². The summed E-state index contributed by atoms with van der Waals surface area (Å²) in [7, 11) is 1.63. The van der Waals surface area contributed by atoms with Crippen LogP contribution in [0.25, 0.3) is 0 Å². The smallest absolute Gasteiger partial charge is 0.188 e. The van der Waals surface area contributed by atoms with Crippen molar-refractivity contribution in [2.24, 2.45) is 10.9 Å². The van der Waals surface area contributed by atoms with E-state index in [2.05, 4.69) is 10.1 Å². The van der Waals surface area contributed by atoms with Crippen molar-refractivity contribution >= 4 is 5.84 Å². The molecule has 0 saturated heterocycles. The lowest BCUT2D eigenvalue weighted by Crippen LogP contribution is -2.14. The van der Waals surface area contributed by atoms with Gasteiger partial charge in [-0.05, 0) is 29.8 Å². The number of ether oxygens (including phenoxy) is 2. The van der Waals surface area contributed by atoms with Crippen molar-refractivity contribution in [3.63, 3.8) is 0 Å². The standard InChI is InChI=1S/C14H15N3O3/c1-19-11-4-2-10(3-5-11)9-20-12-6-7-13(16-8-12)14(15)17-18/h2-8,18H,9H2,1H3,(H2,15,17). The van der Waals surface area contributed by atoms with Crippen LogP contribution in [0, 0.1) is 0 Å². The number of amidine groups is 1. The molecule has 20 heavy (non-hydrogen) atoms. The SMILES string of the molecule is COc1ccc(COc2ccc(/C(N)=N/O)nc2)cc1. The predicted octanol–water partition coefficient (Wildman–Crippen LogP) is 1.76. The van der Waals surface area contributed by atoms with Crippen LogP contribution < -0.4 is 15.2 Å². The summed E-state index contributed by atoms with van der Waals surface area (Å²) in [6.07, 6.45) is 1.52. The Labute approximate surface area is 116 Å². The van der Waals surface area contributed by atoms with Crippen LogP contribution in [-0.2, 0) is 6.61 Å². The van der Waals surface area contributed by atoms with Gasteiger partial charge >= 0.3 is 0 Å². The highest BCUT2D eigenvalue weighted by molar-refractivity contribution is 5.95. The van der Waals surface area contributed by atoms with E-state index in [1.807, 2.05) is 24.3 Å². The fraction of sp³-hybridized carbons (Fsp3) is 0.143. The number of methoxy groups -OCH3 is 1. The summed E-state index contributed by atoms with van der Waals surface area (Å²) >= 11 is 0. The molecule has 1 heterocycles. The minimum absolute atomic E-state index is 0.0355. The summed E-state index contributed by atoms with van der Waals surface area (Å²) in [4.78, 5) is 4.03. The van der Waals surface area contributed by atoms with E-state index in [-0.39, 0.29) is 5.84 Å². The quantitative estimate of drug-likeness (QED) is 0.375. The van der Waals surface area contributed by atoms with Crippen molar-refractivity contribution in [2.75, 3.05) is 7.11 Å². The summed E-state index contributed by atoms with van der Waals surface area (Å²) in [6.45, 7) is 0.425. The minimum atomic E-state index is -0.0355. The lowest BCUT2D eigenvalue weighted by atomic mass is 10.2. The highest BCUT2D eigenvalue weighted by Gasteiger charge is 2.02.